The van der Waals surface area contributed by atoms with Crippen LogP contribution in [-0.2, 0) is 20.7 Å². The van der Waals surface area contributed by atoms with Gasteiger partial charge in [-0.1, -0.05) is 48.6 Å². The van der Waals surface area contributed by atoms with Gasteiger partial charge in [-0.25, -0.2) is 0 Å². The number of carbonyl (C=O) groups excluding carboxylic acids is 2. The first-order chi connectivity index (χ1) is 17.9. The van der Waals surface area contributed by atoms with Gasteiger partial charge in [0.15, 0.2) is 11.5 Å². The van der Waals surface area contributed by atoms with Crippen molar-refractivity contribution in [3.63, 3.8) is 0 Å². The smallest absolute Gasteiger partial charge is 0.234 e. The monoisotopic (exact) mass is 506 g/mol. The summed E-state index contributed by atoms with van der Waals surface area (Å²) < 4.78 is 3.78. The molecule has 192 valence electrons. The molecule has 0 bridgehead atoms. The molecular weight excluding hydrogens is 476 g/mol. The number of para-hydroxylation sites is 2. The van der Waals surface area contributed by atoms with Crippen LogP contribution in [0.25, 0.3) is 33.0 Å². The van der Waals surface area contributed by atoms with Crippen LogP contribution < -0.4 is 0 Å². The Morgan fingerprint density at radius 2 is 1.32 bits per heavy atom. The summed E-state index contributed by atoms with van der Waals surface area (Å²) in [6, 6.07) is 16.7. The van der Waals surface area contributed by atoms with Crippen molar-refractivity contribution in [3.8, 4) is 0 Å². The summed E-state index contributed by atoms with van der Waals surface area (Å²) in [5.74, 6) is -3.03. The van der Waals surface area contributed by atoms with Crippen molar-refractivity contribution >= 4 is 44.5 Å². The first kappa shape index (κ1) is 25.1. The molecule has 0 radical (unpaired) electrons. The molecule has 6 heteroatoms. The van der Waals surface area contributed by atoms with Gasteiger partial charge >= 0.3 is 0 Å². The number of Topliss-reactive ketones (excluding diaryl/α,β-unsaturated/α-hetero) is 2. The fourth-order valence-electron chi connectivity index (χ4n) is 5.17. The molecule has 0 unspecified atom stereocenters. The van der Waals surface area contributed by atoms with Crippen LogP contribution in [-0.4, -0.2) is 30.9 Å². The van der Waals surface area contributed by atoms with E-state index in [1.165, 1.54) is 0 Å². The molecule has 0 atom stereocenters. The lowest BCUT2D eigenvalue weighted by Crippen LogP contribution is -2.29. The maximum Gasteiger partial charge on any atom is 0.234 e. The molecule has 0 fully saturated rings. The van der Waals surface area contributed by atoms with Crippen LogP contribution >= 0.6 is 0 Å². The van der Waals surface area contributed by atoms with E-state index in [0.29, 0.717) is 16.6 Å². The molecule has 2 N–H and O–H groups in total. The molecule has 1 aliphatic carbocycles. The van der Waals surface area contributed by atoms with Gasteiger partial charge in [-0.3, -0.25) is 9.59 Å². The van der Waals surface area contributed by atoms with Crippen molar-refractivity contribution in [3.05, 3.63) is 109 Å². The minimum absolute atomic E-state index is 0.225. The Hall–Kier alpha value is -4.58. The molecule has 2 aromatic heterocycles. The van der Waals surface area contributed by atoms with Crippen LogP contribution in [0.15, 0.2) is 97.6 Å². The summed E-state index contributed by atoms with van der Waals surface area (Å²) in [4.78, 5) is 27.5. The first-order valence-corrected chi connectivity index (χ1v) is 12.4. The molecular formula is C32H30N2O4. The predicted molar refractivity (Wildman–Crippen MR) is 152 cm³/mol. The average molecular weight is 507 g/mol. The lowest BCUT2D eigenvalue weighted by Gasteiger charge is -2.28. The summed E-state index contributed by atoms with van der Waals surface area (Å²) >= 11 is 0. The molecule has 0 spiro atoms. The summed E-state index contributed by atoms with van der Waals surface area (Å²) in [7, 11) is 0. The van der Waals surface area contributed by atoms with Crippen molar-refractivity contribution in [2.75, 3.05) is 0 Å². The lowest BCUT2D eigenvalue weighted by molar-refractivity contribution is -0.116. The van der Waals surface area contributed by atoms with E-state index >= 15 is 0 Å². The van der Waals surface area contributed by atoms with Crippen molar-refractivity contribution in [1.29, 1.82) is 0 Å². The number of ketones is 2. The zero-order valence-corrected chi connectivity index (χ0v) is 21.9. The summed E-state index contributed by atoms with van der Waals surface area (Å²) in [6.07, 6.45) is 5.23. The average Bonchev–Trinajstić information content (AvgIpc) is 3.48. The van der Waals surface area contributed by atoms with Crippen molar-refractivity contribution in [2.24, 2.45) is 0 Å². The quantitative estimate of drug-likeness (QED) is 0.222. The Kier molecular flexibility index (Phi) is 5.60. The molecule has 2 aromatic carbocycles. The van der Waals surface area contributed by atoms with Gasteiger partial charge in [0.05, 0.1) is 27.9 Å². The van der Waals surface area contributed by atoms with E-state index in [2.05, 4.69) is 13.2 Å². The Morgan fingerprint density at radius 1 is 0.763 bits per heavy atom. The number of fused-ring (bicyclic) bond motifs is 2. The molecule has 1 aliphatic rings. The number of nitrogens with zero attached hydrogens (tertiary/aromatic N) is 2. The molecule has 38 heavy (non-hydrogen) atoms. The standard InChI is InChI=1S/C32H30N2O4/c1-7-31(3,4)33-18-21(20-14-10-12-16-23(20)33)25-27(35)29(37)26(30(38)28(25)36)24-17-19-13-9-11-15-22(19)34(24)32(5,6)8-2/h7-18,35,38H,1-2H2,3-6H3. The summed E-state index contributed by atoms with van der Waals surface area (Å²) in [5, 5.41) is 24.0. The van der Waals surface area contributed by atoms with Crippen molar-refractivity contribution in [2.45, 2.75) is 38.8 Å². The maximum atomic E-state index is 13.8. The van der Waals surface area contributed by atoms with Gasteiger partial charge in [0.25, 0.3) is 0 Å². The second-order valence-electron chi connectivity index (χ2n) is 10.7. The van der Waals surface area contributed by atoms with E-state index in [1.807, 2.05) is 85.4 Å². The number of hydrogen-bond acceptors (Lipinski definition) is 4. The molecule has 0 saturated carbocycles. The molecule has 0 saturated heterocycles. The fraction of sp³-hybridized carbons (Fsp3) is 0.188. The van der Waals surface area contributed by atoms with Gasteiger partial charge in [-0.15, -0.1) is 13.2 Å². The Bertz CT molecular complexity index is 1750. The number of allylic oxidation sites excluding steroid dienone is 4. The minimum atomic E-state index is -0.819. The number of rotatable bonds is 6. The Balaban J connectivity index is 1.76. The molecule has 5 rings (SSSR count). The van der Waals surface area contributed by atoms with Crippen molar-refractivity contribution < 1.29 is 19.8 Å². The fourth-order valence-corrected chi connectivity index (χ4v) is 5.17. The number of hydrogen-bond donors (Lipinski definition) is 2. The van der Waals surface area contributed by atoms with E-state index in [4.69, 9.17) is 0 Å². The zero-order chi connectivity index (χ0) is 27.6. The second-order valence-corrected chi connectivity index (χ2v) is 10.7. The van der Waals surface area contributed by atoms with Gasteiger partial charge < -0.3 is 19.3 Å². The highest BCUT2D eigenvalue weighted by atomic mass is 16.3. The van der Waals surface area contributed by atoms with E-state index in [0.717, 1.165) is 16.4 Å². The molecule has 2 heterocycles. The summed E-state index contributed by atoms with van der Waals surface area (Å²) in [5.41, 5.74) is 0.645. The van der Waals surface area contributed by atoms with Crippen LogP contribution in [0.4, 0.5) is 0 Å². The van der Waals surface area contributed by atoms with Crippen LogP contribution in [0.5, 0.6) is 0 Å². The minimum Gasteiger partial charge on any atom is -0.504 e. The number of aromatic nitrogens is 2. The Morgan fingerprint density at radius 3 is 1.97 bits per heavy atom. The number of aliphatic hydroxyl groups is 2. The van der Waals surface area contributed by atoms with Crippen molar-refractivity contribution in [1.82, 2.24) is 9.13 Å². The van der Waals surface area contributed by atoms with Gasteiger partial charge in [-0.2, -0.15) is 0 Å². The van der Waals surface area contributed by atoms with Crippen LogP contribution in [0.3, 0.4) is 0 Å². The van der Waals surface area contributed by atoms with Crippen LogP contribution in [0, 0.1) is 0 Å². The summed E-state index contributed by atoms with van der Waals surface area (Å²) in [6.45, 7) is 15.6. The second kappa shape index (κ2) is 8.48. The van der Waals surface area contributed by atoms with E-state index < -0.39 is 34.2 Å². The third kappa shape index (κ3) is 3.48. The van der Waals surface area contributed by atoms with Gasteiger partial charge in [0.2, 0.25) is 11.6 Å². The molecule has 4 aromatic rings. The van der Waals surface area contributed by atoms with Crippen LogP contribution in [0.2, 0.25) is 0 Å². The maximum absolute atomic E-state index is 13.8. The number of carbonyl (C=O) groups is 2. The topological polar surface area (TPSA) is 84.5 Å². The highest BCUT2D eigenvalue weighted by Gasteiger charge is 2.40. The first-order valence-electron chi connectivity index (χ1n) is 12.4. The number of benzene rings is 2. The zero-order valence-electron chi connectivity index (χ0n) is 21.9. The Labute approximate surface area is 221 Å². The molecule has 6 nitrogen and oxygen atoms in total. The van der Waals surface area contributed by atoms with Crippen LogP contribution in [0.1, 0.15) is 39.0 Å². The third-order valence-corrected chi connectivity index (χ3v) is 7.50. The largest absolute Gasteiger partial charge is 0.504 e. The third-order valence-electron chi connectivity index (χ3n) is 7.50. The predicted octanol–water partition coefficient (Wildman–Crippen LogP) is 6.83. The number of aliphatic hydroxyl groups excluding tert-OH is 2. The lowest BCUT2D eigenvalue weighted by atomic mass is 9.87. The molecule has 0 aliphatic heterocycles. The highest BCUT2D eigenvalue weighted by Crippen LogP contribution is 2.41. The highest BCUT2D eigenvalue weighted by molar-refractivity contribution is 6.47. The van der Waals surface area contributed by atoms with E-state index in [1.54, 1.807) is 24.4 Å². The van der Waals surface area contributed by atoms with Gasteiger partial charge in [-0.05, 0) is 45.9 Å². The normalized spacial score (nSPS) is 15.2. The molecule has 0 amide bonds. The van der Waals surface area contributed by atoms with E-state index in [-0.39, 0.29) is 11.1 Å². The van der Waals surface area contributed by atoms with Gasteiger partial charge in [0.1, 0.15) is 0 Å². The van der Waals surface area contributed by atoms with E-state index in [9.17, 15) is 19.8 Å². The van der Waals surface area contributed by atoms with Gasteiger partial charge in [0, 0.05) is 33.6 Å². The SMILES string of the molecule is C=CC(C)(C)n1cc(C2=C(O)C(=O)C(c3cc4ccccc4n3C(C)(C)C=C)=C(O)C2=O)c2ccccc21.